The van der Waals surface area contributed by atoms with Crippen LogP contribution in [0.1, 0.15) is 71.5 Å². The van der Waals surface area contributed by atoms with Crippen molar-refractivity contribution in [2.24, 2.45) is 0 Å². The van der Waals surface area contributed by atoms with Crippen molar-refractivity contribution in [3.8, 4) is 0 Å². The number of hydrogen-bond acceptors (Lipinski definition) is 3. The van der Waals surface area contributed by atoms with E-state index in [0.29, 0.717) is 6.04 Å². The predicted octanol–water partition coefficient (Wildman–Crippen LogP) is 3.53. The van der Waals surface area contributed by atoms with Gasteiger partial charge < -0.3 is 5.32 Å². The van der Waals surface area contributed by atoms with E-state index in [1.54, 1.807) is 0 Å². The molecule has 0 fully saturated rings. The van der Waals surface area contributed by atoms with E-state index < -0.39 is 0 Å². The Kier molecular flexibility index (Phi) is 8.47. The number of rotatable bonds is 11. The summed E-state index contributed by atoms with van der Waals surface area (Å²) in [7, 11) is 0. The minimum absolute atomic E-state index is 0.482. The first-order chi connectivity index (χ1) is 9.22. The SMILES string of the molecule is CCCCCCCCCn1cnc(CNC(C)C)n1. The Morgan fingerprint density at radius 3 is 2.47 bits per heavy atom. The van der Waals surface area contributed by atoms with Crippen LogP contribution in [0.15, 0.2) is 6.33 Å². The molecule has 1 aromatic heterocycles. The molecule has 0 unspecified atom stereocenters. The van der Waals surface area contributed by atoms with Gasteiger partial charge in [-0.05, 0) is 6.42 Å². The molecule has 19 heavy (non-hydrogen) atoms. The maximum absolute atomic E-state index is 4.47. The third kappa shape index (κ3) is 7.98. The fourth-order valence-electron chi connectivity index (χ4n) is 2.05. The molecule has 1 rings (SSSR count). The lowest BCUT2D eigenvalue weighted by molar-refractivity contribution is 0.513. The molecule has 0 amide bonds. The summed E-state index contributed by atoms with van der Waals surface area (Å²) in [5, 5.41) is 7.81. The van der Waals surface area contributed by atoms with Gasteiger partial charge in [0.15, 0.2) is 5.82 Å². The molecule has 0 atom stereocenters. The van der Waals surface area contributed by atoms with Crippen LogP contribution < -0.4 is 5.32 Å². The maximum Gasteiger partial charge on any atom is 0.164 e. The first kappa shape index (κ1) is 16.2. The van der Waals surface area contributed by atoms with E-state index in [9.17, 15) is 0 Å². The summed E-state index contributed by atoms with van der Waals surface area (Å²) in [6.45, 7) is 8.30. The van der Waals surface area contributed by atoms with Gasteiger partial charge in [0.05, 0.1) is 6.54 Å². The van der Waals surface area contributed by atoms with E-state index >= 15 is 0 Å². The lowest BCUT2D eigenvalue weighted by Crippen LogP contribution is -2.22. The van der Waals surface area contributed by atoms with Gasteiger partial charge in [0.2, 0.25) is 0 Å². The smallest absolute Gasteiger partial charge is 0.164 e. The monoisotopic (exact) mass is 266 g/mol. The molecule has 0 saturated heterocycles. The van der Waals surface area contributed by atoms with E-state index in [-0.39, 0.29) is 0 Å². The van der Waals surface area contributed by atoms with Gasteiger partial charge >= 0.3 is 0 Å². The molecule has 0 radical (unpaired) electrons. The Bertz CT molecular complexity index is 320. The molecule has 1 aromatic rings. The molecule has 4 nitrogen and oxygen atoms in total. The van der Waals surface area contributed by atoms with Crippen LogP contribution in [-0.2, 0) is 13.1 Å². The Hall–Kier alpha value is -0.900. The molecule has 110 valence electrons. The Labute approximate surface area is 118 Å². The summed E-state index contributed by atoms with van der Waals surface area (Å²) >= 11 is 0. The molecule has 0 aromatic carbocycles. The van der Waals surface area contributed by atoms with E-state index in [1.807, 2.05) is 11.0 Å². The number of nitrogens with one attached hydrogen (secondary N) is 1. The van der Waals surface area contributed by atoms with E-state index in [4.69, 9.17) is 0 Å². The zero-order valence-corrected chi connectivity index (χ0v) is 12.9. The van der Waals surface area contributed by atoms with Crippen LogP contribution in [0.4, 0.5) is 0 Å². The van der Waals surface area contributed by atoms with Gasteiger partial charge in [-0.25, -0.2) is 4.98 Å². The normalized spacial score (nSPS) is 11.4. The summed E-state index contributed by atoms with van der Waals surface area (Å²) in [5.74, 6) is 0.900. The number of unbranched alkanes of at least 4 members (excludes halogenated alkanes) is 6. The standard InChI is InChI=1S/C15H30N4/c1-4-5-6-7-8-9-10-11-19-13-17-15(18-19)12-16-14(2)3/h13-14,16H,4-12H2,1-3H3. The summed E-state index contributed by atoms with van der Waals surface area (Å²) in [5.41, 5.74) is 0. The number of aryl methyl sites for hydroxylation is 1. The first-order valence-electron chi connectivity index (χ1n) is 7.84. The minimum Gasteiger partial charge on any atom is -0.308 e. The highest BCUT2D eigenvalue weighted by molar-refractivity contribution is 4.81. The second kappa shape index (κ2) is 9.96. The third-order valence-corrected chi connectivity index (χ3v) is 3.24. The van der Waals surface area contributed by atoms with E-state index in [2.05, 4.69) is 36.2 Å². The molecule has 1 N–H and O–H groups in total. The number of aromatic nitrogens is 3. The molecular formula is C15H30N4. The highest BCUT2D eigenvalue weighted by Gasteiger charge is 2.01. The molecule has 0 aliphatic carbocycles. The zero-order chi connectivity index (χ0) is 13.9. The lowest BCUT2D eigenvalue weighted by atomic mass is 10.1. The highest BCUT2D eigenvalue weighted by atomic mass is 15.3. The molecule has 1 heterocycles. The Morgan fingerprint density at radius 2 is 1.79 bits per heavy atom. The molecular weight excluding hydrogens is 236 g/mol. The second-order valence-electron chi connectivity index (χ2n) is 5.58. The van der Waals surface area contributed by atoms with Crippen molar-refractivity contribution in [1.82, 2.24) is 20.1 Å². The molecule has 0 spiro atoms. The van der Waals surface area contributed by atoms with Crippen molar-refractivity contribution in [2.45, 2.75) is 84.8 Å². The van der Waals surface area contributed by atoms with Gasteiger partial charge in [-0.3, -0.25) is 4.68 Å². The largest absolute Gasteiger partial charge is 0.308 e. The molecule has 0 bridgehead atoms. The zero-order valence-electron chi connectivity index (χ0n) is 12.9. The van der Waals surface area contributed by atoms with Gasteiger partial charge in [0.25, 0.3) is 0 Å². The molecule has 0 saturated carbocycles. The molecule has 0 aliphatic rings. The van der Waals surface area contributed by atoms with Crippen LogP contribution in [-0.4, -0.2) is 20.8 Å². The van der Waals surface area contributed by atoms with E-state index in [0.717, 1.165) is 18.9 Å². The average molecular weight is 266 g/mol. The Morgan fingerprint density at radius 1 is 1.11 bits per heavy atom. The summed E-state index contributed by atoms with van der Waals surface area (Å²) in [6, 6.07) is 0.482. The van der Waals surface area contributed by atoms with Crippen molar-refractivity contribution >= 4 is 0 Å². The third-order valence-electron chi connectivity index (χ3n) is 3.24. The highest BCUT2D eigenvalue weighted by Crippen LogP contribution is 2.07. The fourth-order valence-corrected chi connectivity index (χ4v) is 2.05. The second-order valence-corrected chi connectivity index (χ2v) is 5.58. The topological polar surface area (TPSA) is 42.7 Å². The van der Waals surface area contributed by atoms with Crippen LogP contribution >= 0.6 is 0 Å². The number of hydrogen-bond donors (Lipinski definition) is 1. The predicted molar refractivity (Wildman–Crippen MR) is 80.0 cm³/mol. The van der Waals surface area contributed by atoms with Crippen molar-refractivity contribution < 1.29 is 0 Å². The maximum atomic E-state index is 4.47. The first-order valence-corrected chi connectivity index (χ1v) is 7.84. The van der Waals surface area contributed by atoms with Gasteiger partial charge in [-0.15, -0.1) is 0 Å². The van der Waals surface area contributed by atoms with Gasteiger partial charge in [-0.1, -0.05) is 59.3 Å². The fraction of sp³-hybridized carbons (Fsp3) is 0.867. The minimum atomic E-state index is 0.482. The van der Waals surface area contributed by atoms with Gasteiger partial charge in [0, 0.05) is 12.6 Å². The summed E-state index contributed by atoms with van der Waals surface area (Å²) < 4.78 is 1.98. The van der Waals surface area contributed by atoms with Crippen LogP contribution in [0.3, 0.4) is 0 Å². The van der Waals surface area contributed by atoms with E-state index in [1.165, 1.54) is 44.9 Å². The van der Waals surface area contributed by atoms with Gasteiger partial charge in [-0.2, -0.15) is 5.10 Å². The Balaban J connectivity index is 2.06. The number of nitrogens with zero attached hydrogens (tertiary/aromatic N) is 3. The van der Waals surface area contributed by atoms with Crippen LogP contribution in [0.2, 0.25) is 0 Å². The lowest BCUT2D eigenvalue weighted by Gasteiger charge is -2.04. The van der Waals surface area contributed by atoms with Crippen molar-refractivity contribution in [3.05, 3.63) is 12.2 Å². The van der Waals surface area contributed by atoms with Crippen molar-refractivity contribution in [3.63, 3.8) is 0 Å². The quantitative estimate of drug-likeness (QED) is 0.623. The molecule has 4 heteroatoms. The van der Waals surface area contributed by atoms with Crippen molar-refractivity contribution in [2.75, 3.05) is 0 Å². The van der Waals surface area contributed by atoms with Crippen LogP contribution in [0, 0.1) is 0 Å². The molecule has 0 aliphatic heterocycles. The van der Waals surface area contributed by atoms with Crippen LogP contribution in [0.5, 0.6) is 0 Å². The van der Waals surface area contributed by atoms with Gasteiger partial charge in [0.1, 0.15) is 6.33 Å². The van der Waals surface area contributed by atoms with Crippen LogP contribution in [0.25, 0.3) is 0 Å². The average Bonchev–Trinajstić information content (AvgIpc) is 2.83. The summed E-state index contributed by atoms with van der Waals surface area (Å²) in [6.07, 6.45) is 11.2. The van der Waals surface area contributed by atoms with Crippen molar-refractivity contribution in [1.29, 1.82) is 0 Å². The summed E-state index contributed by atoms with van der Waals surface area (Å²) in [4.78, 5) is 4.32.